The zero-order valence-corrected chi connectivity index (χ0v) is 14.5. The van der Waals surface area contributed by atoms with E-state index in [0.717, 1.165) is 22.6 Å². The summed E-state index contributed by atoms with van der Waals surface area (Å²) in [5, 5.41) is 0. The van der Waals surface area contributed by atoms with E-state index in [2.05, 4.69) is 45.7 Å². The molecule has 0 spiro atoms. The van der Waals surface area contributed by atoms with Crippen LogP contribution >= 0.6 is 0 Å². The lowest BCUT2D eigenvalue weighted by atomic mass is 9.95. The van der Waals surface area contributed by atoms with E-state index in [4.69, 9.17) is 10.7 Å². The van der Waals surface area contributed by atoms with Crippen molar-refractivity contribution in [3.05, 3.63) is 48.4 Å². The van der Waals surface area contributed by atoms with Gasteiger partial charge in [-0.25, -0.2) is 15.0 Å². The Balaban J connectivity index is 1.86. The molecular weight excluding hydrogens is 310 g/mol. The van der Waals surface area contributed by atoms with Crippen molar-refractivity contribution in [1.82, 2.24) is 19.5 Å². The predicted octanol–water partition coefficient (Wildman–Crippen LogP) is 4.40. The van der Waals surface area contributed by atoms with Crippen molar-refractivity contribution >= 4 is 5.95 Å². The number of hydrogen-bond acceptors (Lipinski definition) is 4. The van der Waals surface area contributed by atoms with Gasteiger partial charge < -0.3 is 10.3 Å². The van der Waals surface area contributed by atoms with Gasteiger partial charge in [0, 0.05) is 17.8 Å². The molecule has 1 saturated carbocycles. The van der Waals surface area contributed by atoms with Gasteiger partial charge in [-0.05, 0) is 25.8 Å². The van der Waals surface area contributed by atoms with Gasteiger partial charge in [0.2, 0.25) is 5.95 Å². The van der Waals surface area contributed by atoms with E-state index in [1.807, 2.05) is 12.4 Å². The van der Waals surface area contributed by atoms with Gasteiger partial charge in [0.1, 0.15) is 0 Å². The maximum absolute atomic E-state index is 5.85. The van der Waals surface area contributed by atoms with E-state index < -0.39 is 0 Å². The SMILES string of the molecule is Cc1ccc(-c2ncn(C3CCCCC3)c2-c2ccnc(N)n2)cc1. The standard InChI is InChI=1S/C20H23N5/c1-14-7-9-15(10-8-14)18-19(17-11-12-22-20(21)24-17)25(13-23-18)16-5-3-2-4-6-16/h7-13,16H,2-6H2,1H3,(H2,21,22,24). The highest BCUT2D eigenvalue weighted by Gasteiger charge is 2.23. The number of hydrogen-bond donors (Lipinski definition) is 1. The second-order valence-corrected chi connectivity index (χ2v) is 6.81. The minimum atomic E-state index is 0.295. The number of benzene rings is 1. The molecule has 0 atom stereocenters. The molecule has 1 aromatic carbocycles. The molecule has 0 aliphatic heterocycles. The molecule has 2 N–H and O–H groups in total. The quantitative estimate of drug-likeness (QED) is 0.771. The van der Waals surface area contributed by atoms with Crippen LogP contribution in [0.5, 0.6) is 0 Å². The fraction of sp³-hybridized carbons (Fsp3) is 0.350. The first kappa shape index (κ1) is 15.8. The molecule has 5 nitrogen and oxygen atoms in total. The topological polar surface area (TPSA) is 69.6 Å². The summed E-state index contributed by atoms with van der Waals surface area (Å²) in [6.07, 6.45) is 9.94. The Bertz CT molecular complexity index is 860. The largest absolute Gasteiger partial charge is 0.368 e. The fourth-order valence-electron chi connectivity index (χ4n) is 3.68. The molecule has 0 unspecified atom stereocenters. The summed E-state index contributed by atoms with van der Waals surface area (Å²) in [6, 6.07) is 10.9. The van der Waals surface area contributed by atoms with Gasteiger partial charge in [-0.3, -0.25) is 0 Å². The minimum Gasteiger partial charge on any atom is -0.368 e. The molecule has 1 fully saturated rings. The Morgan fingerprint density at radius 3 is 2.48 bits per heavy atom. The van der Waals surface area contributed by atoms with Crippen LogP contribution in [-0.4, -0.2) is 19.5 Å². The van der Waals surface area contributed by atoms with Crippen molar-refractivity contribution in [2.24, 2.45) is 0 Å². The second-order valence-electron chi connectivity index (χ2n) is 6.81. The molecule has 25 heavy (non-hydrogen) atoms. The maximum Gasteiger partial charge on any atom is 0.220 e. The van der Waals surface area contributed by atoms with Crippen molar-refractivity contribution in [2.75, 3.05) is 5.73 Å². The van der Waals surface area contributed by atoms with Gasteiger partial charge in [-0.2, -0.15) is 0 Å². The smallest absolute Gasteiger partial charge is 0.220 e. The number of rotatable bonds is 3. The minimum absolute atomic E-state index is 0.295. The molecule has 0 saturated heterocycles. The van der Waals surface area contributed by atoms with E-state index in [0.29, 0.717) is 12.0 Å². The van der Waals surface area contributed by atoms with Gasteiger partial charge in [0.25, 0.3) is 0 Å². The highest BCUT2D eigenvalue weighted by atomic mass is 15.1. The third-order valence-electron chi connectivity index (χ3n) is 5.00. The van der Waals surface area contributed by atoms with E-state index >= 15 is 0 Å². The molecule has 1 aliphatic carbocycles. The summed E-state index contributed by atoms with van der Waals surface area (Å²) in [7, 11) is 0. The Labute approximate surface area is 148 Å². The van der Waals surface area contributed by atoms with Gasteiger partial charge in [-0.1, -0.05) is 49.1 Å². The first-order valence-corrected chi connectivity index (χ1v) is 8.95. The molecule has 5 heteroatoms. The number of aromatic nitrogens is 4. The molecule has 128 valence electrons. The summed E-state index contributed by atoms with van der Waals surface area (Å²) in [6.45, 7) is 2.09. The van der Waals surface area contributed by atoms with Crippen LogP contribution in [0.4, 0.5) is 5.95 Å². The monoisotopic (exact) mass is 333 g/mol. The first-order valence-electron chi connectivity index (χ1n) is 8.95. The molecule has 3 aromatic rings. The van der Waals surface area contributed by atoms with Crippen LogP contribution in [0.2, 0.25) is 0 Å². The number of aryl methyl sites for hydroxylation is 1. The van der Waals surface area contributed by atoms with Crippen molar-refractivity contribution < 1.29 is 0 Å². The van der Waals surface area contributed by atoms with Gasteiger partial charge >= 0.3 is 0 Å². The van der Waals surface area contributed by atoms with Crippen molar-refractivity contribution in [1.29, 1.82) is 0 Å². The fourth-order valence-corrected chi connectivity index (χ4v) is 3.68. The summed E-state index contributed by atoms with van der Waals surface area (Å²) in [5.74, 6) is 0.295. The lowest BCUT2D eigenvalue weighted by molar-refractivity contribution is 0.355. The Morgan fingerprint density at radius 1 is 1.00 bits per heavy atom. The second kappa shape index (κ2) is 6.67. The van der Waals surface area contributed by atoms with Crippen LogP contribution in [-0.2, 0) is 0 Å². The van der Waals surface area contributed by atoms with Crippen LogP contribution in [0.25, 0.3) is 22.6 Å². The van der Waals surface area contributed by atoms with Crippen molar-refractivity contribution in [3.63, 3.8) is 0 Å². The number of imidazole rings is 1. The molecule has 2 heterocycles. The number of nitrogens with zero attached hydrogens (tertiary/aromatic N) is 4. The first-order chi connectivity index (χ1) is 12.2. The van der Waals surface area contributed by atoms with Crippen LogP contribution in [0, 0.1) is 6.92 Å². The highest BCUT2D eigenvalue weighted by Crippen LogP contribution is 2.37. The summed E-state index contributed by atoms with van der Waals surface area (Å²) in [5.41, 5.74) is 11.0. The molecule has 0 bridgehead atoms. The number of anilines is 1. The Kier molecular flexibility index (Phi) is 4.22. The van der Waals surface area contributed by atoms with E-state index in [9.17, 15) is 0 Å². The Morgan fingerprint density at radius 2 is 1.76 bits per heavy atom. The van der Waals surface area contributed by atoms with Gasteiger partial charge in [0.05, 0.1) is 23.4 Å². The number of nitrogens with two attached hydrogens (primary N) is 1. The van der Waals surface area contributed by atoms with E-state index in [-0.39, 0.29) is 0 Å². The molecule has 1 aliphatic rings. The van der Waals surface area contributed by atoms with Crippen LogP contribution < -0.4 is 5.73 Å². The van der Waals surface area contributed by atoms with Gasteiger partial charge in [-0.15, -0.1) is 0 Å². The average molecular weight is 333 g/mol. The zero-order valence-electron chi connectivity index (χ0n) is 14.5. The third-order valence-corrected chi connectivity index (χ3v) is 5.00. The molecular formula is C20H23N5. The van der Waals surface area contributed by atoms with Crippen molar-refractivity contribution in [3.8, 4) is 22.6 Å². The summed E-state index contributed by atoms with van der Waals surface area (Å²) < 4.78 is 2.30. The molecule has 0 radical (unpaired) electrons. The summed E-state index contributed by atoms with van der Waals surface area (Å²) >= 11 is 0. The highest BCUT2D eigenvalue weighted by molar-refractivity contribution is 5.77. The zero-order chi connectivity index (χ0) is 17.2. The van der Waals surface area contributed by atoms with E-state index in [1.165, 1.54) is 37.7 Å². The van der Waals surface area contributed by atoms with Gasteiger partial charge in [0.15, 0.2) is 0 Å². The lowest BCUT2D eigenvalue weighted by Gasteiger charge is -2.25. The molecule has 0 amide bonds. The number of nitrogen functional groups attached to an aromatic ring is 1. The normalized spacial score (nSPS) is 15.4. The van der Waals surface area contributed by atoms with Crippen LogP contribution in [0.3, 0.4) is 0 Å². The maximum atomic E-state index is 5.85. The molecule has 2 aromatic heterocycles. The summed E-state index contributed by atoms with van der Waals surface area (Å²) in [4.78, 5) is 13.3. The molecule has 4 rings (SSSR count). The lowest BCUT2D eigenvalue weighted by Crippen LogP contribution is -2.13. The predicted molar refractivity (Wildman–Crippen MR) is 100.0 cm³/mol. The average Bonchev–Trinajstić information content (AvgIpc) is 3.08. The Hall–Kier alpha value is -2.69. The van der Waals surface area contributed by atoms with Crippen molar-refractivity contribution in [2.45, 2.75) is 45.1 Å². The van der Waals surface area contributed by atoms with Crippen LogP contribution in [0.15, 0.2) is 42.9 Å². The van der Waals surface area contributed by atoms with Crippen LogP contribution in [0.1, 0.15) is 43.7 Å². The third kappa shape index (κ3) is 3.14. The van der Waals surface area contributed by atoms with E-state index in [1.54, 1.807) is 6.20 Å².